The molecule has 0 saturated carbocycles. The lowest BCUT2D eigenvalue weighted by atomic mass is 9.89. The van der Waals surface area contributed by atoms with E-state index in [4.69, 9.17) is 0 Å². The minimum atomic E-state index is -0.358. The Balaban J connectivity index is 2.79. The number of likely N-dealkylation sites (N-methyl/N-ethyl adjacent to an activating group) is 1. The summed E-state index contributed by atoms with van der Waals surface area (Å²) < 4.78 is 0. The Morgan fingerprint density at radius 2 is 1.81 bits per heavy atom. The van der Waals surface area contributed by atoms with Gasteiger partial charge in [-0.25, -0.2) is 0 Å². The zero-order chi connectivity index (χ0) is 12.3. The summed E-state index contributed by atoms with van der Waals surface area (Å²) in [6, 6.07) is 8.23. The van der Waals surface area contributed by atoms with Gasteiger partial charge in [0.15, 0.2) is 0 Å². The van der Waals surface area contributed by atoms with Crippen molar-refractivity contribution in [3.8, 4) is 0 Å². The molecule has 0 spiro atoms. The molecule has 1 rings (SSSR count). The molecule has 0 heterocycles. The van der Waals surface area contributed by atoms with E-state index in [-0.39, 0.29) is 11.6 Å². The quantitative estimate of drug-likeness (QED) is 0.843. The number of rotatable bonds is 4. The predicted octanol–water partition coefficient (Wildman–Crippen LogP) is 2.24. The summed E-state index contributed by atoms with van der Waals surface area (Å²) in [6.45, 7) is 6.22. The number of aliphatic hydroxyl groups is 1. The Labute approximate surface area is 98.9 Å². The van der Waals surface area contributed by atoms with Gasteiger partial charge in [-0.1, -0.05) is 24.3 Å². The summed E-state index contributed by atoms with van der Waals surface area (Å²) >= 11 is 0. The third-order valence-electron chi connectivity index (χ3n) is 3.64. The first-order valence-electron chi connectivity index (χ1n) is 5.75. The summed E-state index contributed by atoms with van der Waals surface area (Å²) in [5.41, 5.74) is 2.27. The van der Waals surface area contributed by atoms with Crippen molar-refractivity contribution in [2.45, 2.75) is 38.8 Å². The molecule has 1 aromatic carbocycles. The van der Waals surface area contributed by atoms with Gasteiger partial charge < -0.3 is 10.0 Å². The van der Waals surface area contributed by atoms with Gasteiger partial charge in [0.1, 0.15) is 0 Å². The van der Waals surface area contributed by atoms with Crippen LogP contribution in [0.5, 0.6) is 0 Å². The molecular weight excluding hydrogens is 198 g/mol. The third kappa shape index (κ3) is 2.83. The van der Waals surface area contributed by atoms with Crippen molar-refractivity contribution in [3.05, 3.63) is 35.4 Å². The lowest BCUT2D eigenvalue weighted by molar-refractivity contribution is 0.0182. The van der Waals surface area contributed by atoms with E-state index in [1.807, 2.05) is 26.2 Å². The van der Waals surface area contributed by atoms with E-state index < -0.39 is 0 Å². The molecule has 16 heavy (non-hydrogen) atoms. The summed E-state index contributed by atoms with van der Waals surface area (Å²) in [5.74, 6) is 0. The van der Waals surface area contributed by atoms with Crippen molar-refractivity contribution in [1.82, 2.24) is 4.90 Å². The van der Waals surface area contributed by atoms with Gasteiger partial charge in [-0.2, -0.15) is 0 Å². The largest absolute Gasteiger partial charge is 0.391 e. The first-order valence-corrected chi connectivity index (χ1v) is 5.75. The zero-order valence-corrected chi connectivity index (χ0v) is 11.0. The highest BCUT2D eigenvalue weighted by Crippen LogP contribution is 2.20. The molecule has 0 bridgehead atoms. The molecule has 0 amide bonds. The van der Waals surface area contributed by atoms with E-state index in [1.165, 1.54) is 11.1 Å². The second kappa shape index (κ2) is 4.98. The fourth-order valence-corrected chi connectivity index (χ4v) is 1.60. The van der Waals surface area contributed by atoms with Crippen LogP contribution in [0.2, 0.25) is 0 Å². The van der Waals surface area contributed by atoms with Gasteiger partial charge in [0, 0.05) is 12.0 Å². The van der Waals surface area contributed by atoms with Crippen LogP contribution in [0.3, 0.4) is 0 Å². The summed E-state index contributed by atoms with van der Waals surface area (Å²) in [6.07, 6.45) is 0.348. The predicted molar refractivity (Wildman–Crippen MR) is 68.7 cm³/mol. The van der Waals surface area contributed by atoms with Gasteiger partial charge >= 0.3 is 0 Å². The maximum atomic E-state index is 10.3. The average Bonchev–Trinajstić information content (AvgIpc) is 2.21. The first kappa shape index (κ1) is 13.2. The Morgan fingerprint density at radius 1 is 1.25 bits per heavy atom. The number of nitrogens with zero attached hydrogens (tertiary/aromatic N) is 1. The SMILES string of the molecule is Cc1ccccc1CC(O)C(C)(C)N(C)C. The summed E-state index contributed by atoms with van der Waals surface area (Å²) in [7, 11) is 4.00. The summed E-state index contributed by atoms with van der Waals surface area (Å²) in [4.78, 5) is 2.07. The molecular formula is C14H23NO. The Kier molecular flexibility index (Phi) is 4.11. The van der Waals surface area contributed by atoms with Crippen molar-refractivity contribution >= 4 is 0 Å². The zero-order valence-electron chi connectivity index (χ0n) is 11.0. The lowest BCUT2D eigenvalue weighted by Crippen LogP contribution is -2.49. The summed E-state index contributed by atoms with van der Waals surface area (Å²) in [5, 5.41) is 10.3. The Hall–Kier alpha value is -0.860. The van der Waals surface area contributed by atoms with Crippen molar-refractivity contribution < 1.29 is 5.11 Å². The van der Waals surface area contributed by atoms with Gasteiger partial charge in [-0.15, -0.1) is 0 Å². The molecule has 0 aliphatic heterocycles. The fraction of sp³-hybridized carbons (Fsp3) is 0.571. The van der Waals surface area contributed by atoms with Gasteiger partial charge in [-0.05, 0) is 46.0 Å². The van der Waals surface area contributed by atoms with Crippen LogP contribution in [-0.4, -0.2) is 35.7 Å². The monoisotopic (exact) mass is 221 g/mol. The molecule has 1 unspecified atom stereocenters. The first-order chi connectivity index (χ1) is 7.35. The van der Waals surface area contributed by atoms with Crippen LogP contribution >= 0.6 is 0 Å². The van der Waals surface area contributed by atoms with E-state index in [0.717, 1.165) is 0 Å². The Bertz CT molecular complexity index is 344. The highest BCUT2D eigenvalue weighted by molar-refractivity contribution is 5.26. The molecule has 0 radical (unpaired) electrons. The van der Waals surface area contributed by atoms with E-state index in [0.29, 0.717) is 6.42 Å². The lowest BCUT2D eigenvalue weighted by Gasteiger charge is -2.37. The van der Waals surface area contributed by atoms with Crippen molar-refractivity contribution in [1.29, 1.82) is 0 Å². The molecule has 1 atom stereocenters. The van der Waals surface area contributed by atoms with Crippen LogP contribution < -0.4 is 0 Å². The second-order valence-electron chi connectivity index (χ2n) is 5.19. The Morgan fingerprint density at radius 3 is 2.31 bits per heavy atom. The smallest absolute Gasteiger partial charge is 0.0758 e. The molecule has 0 fully saturated rings. The molecule has 0 aliphatic carbocycles. The number of hydrogen-bond acceptors (Lipinski definition) is 2. The number of aliphatic hydroxyl groups excluding tert-OH is 1. The van der Waals surface area contributed by atoms with E-state index in [9.17, 15) is 5.11 Å². The number of benzene rings is 1. The fourth-order valence-electron chi connectivity index (χ4n) is 1.60. The number of aryl methyl sites for hydroxylation is 1. The van der Waals surface area contributed by atoms with Crippen LogP contribution in [0.1, 0.15) is 25.0 Å². The van der Waals surface area contributed by atoms with Gasteiger partial charge in [0.25, 0.3) is 0 Å². The van der Waals surface area contributed by atoms with Crippen LogP contribution in [0.15, 0.2) is 24.3 Å². The second-order valence-corrected chi connectivity index (χ2v) is 5.19. The minimum absolute atomic E-state index is 0.206. The van der Waals surface area contributed by atoms with E-state index >= 15 is 0 Å². The number of hydrogen-bond donors (Lipinski definition) is 1. The van der Waals surface area contributed by atoms with E-state index in [1.54, 1.807) is 0 Å². The average molecular weight is 221 g/mol. The minimum Gasteiger partial charge on any atom is -0.391 e. The maximum Gasteiger partial charge on any atom is 0.0758 e. The molecule has 2 nitrogen and oxygen atoms in total. The van der Waals surface area contributed by atoms with Gasteiger partial charge in [0.2, 0.25) is 0 Å². The van der Waals surface area contributed by atoms with Crippen LogP contribution in [-0.2, 0) is 6.42 Å². The molecule has 1 N–H and O–H groups in total. The van der Waals surface area contributed by atoms with Crippen LogP contribution in [0.4, 0.5) is 0 Å². The maximum absolute atomic E-state index is 10.3. The van der Waals surface area contributed by atoms with Crippen LogP contribution in [0.25, 0.3) is 0 Å². The van der Waals surface area contributed by atoms with Crippen molar-refractivity contribution in [2.24, 2.45) is 0 Å². The van der Waals surface area contributed by atoms with Gasteiger partial charge in [-0.3, -0.25) is 0 Å². The normalized spacial score (nSPS) is 14.2. The molecule has 0 aromatic heterocycles. The highest BCUT2D eigenvalue weighted by Gasteiger charge is 2.30. The molecule has 0 aliphatic rings. The van der Waals surface area contributed by atoms with Crippen molar-refractivity contribution in [2.75, 3.05) is 14.1 Å². The molecule has 90 valence electrons. The van der Waals surface area contributed by atoms with E-state index in [2.05, 4.69) is 37.8 Å². The molecule has 1 aromatic rings. The topological polar surface area (TPSA) is 23.5 Å². The molecule has 0 saturated heterocycles. The van der Waals surface area contributed by atoms with Gasteiger partial charge in [0.05, 0.1) is 6.10 Å². The highest BCUT2D eigenvalue weighted by atomic mass is 16.3. The third-order valence-corrected chi connectivity index (χ3v) is 3.64. The standard InChI is InChI=1S/C14H23NO/c1-11-8-6-7-9-12(11)10-13(16)14(2,3)15(4)5/h6-9,13,16H,10H2,1-5H3. The van der Waals surface area contributed by atoms with Crippen LogP contribution in [0, 0.1) is 6.92 Å². The molecule has 2 heteroatoms. The van der Waals surface area contributed by atoms with Crippen molar-refractivity contribution in [3.63, 3.8) is 0 Å².